The molecule has 2 rings (SSSR count). The van der Waals surface area contributed by atoms with Crippen molar-refractivity contribution in [2.45, 2.75) is 6.54 Å². The molecule has 4 heteroatoms. The minimum atomic E-state index is 0.155. The Morgan fingerprint density at radius 3 is 2.81 bits per heavy atom. The van der Waals surface area contributed by atoms with Crippen molar-refractivity contribution in [3.8, 4) is 12.1 Å². The molecule has 76 valence electrons. The van der Waals surface area contributed by atoms with Gasteiger partial charge >= 0.3 is 0 Å². The van der Waals surface area contributed by atoms with Crippen molar-refractivity contribution in [1.29, 1.82) is 10.5 Å². The Morgan fingerprint density at radius 2 is 2.06 bits per heavy atom. The minimum absolute atomic E-state index is 0.155. The van der Waals surface area contributed by atoms with Gasteiger partial charge in [0.15, 0.2) is 6.54 Å². The van der Waals surface area contributed by atoms with Crippen molar-refractivity contribution in [1.82, 2.24) is 0 Å². The lowest BCUT2D eigenvalue weighted by Crippen LogP contribution is -2.30. The van der Waals surface area contributed by atoms with E-state index in [0.717, 1.165) is 5.52 Å². The van der Waals surface area contributed by atoms with E-state index in [2.05, 4.69) is 6.07 Å². The summed E-state index contributed by atoms with van der Waals surface area (Å²) < 4.78 is 3.22. The van der Waals surface area contributed by atoms with Gasteiger partial charge in [0.05, 0.1) is 0 Å². The third kappa shape index (κ3) is 1.93. The molecule has 0 aliphatic carbocycles. The molecule has 1 aromatic carbocycles. The van der Waals surface area contributed by atoms with Gasteiger partial charge in [-0.2, -0.15) is 15.1 Å². The summed E-state index contributed by atoms with van der Waals surface area (Å²) in [7, 11) is 0. The molecule has 16 heavy (non-hydrogen) atoms. The zero-order valence-electron chi connectivity index (χ0n) is 8.42. The van der Waals surface area contributed by atoms with E-state index in [9.17, 15) is 0 Å². The SMILES string of the molecule is N#CC(C#N)=CC[n+]1csc2ccccc21. The van der Waals surface area contributed by atoms with Crippen molar-refractivity contribution in [2.24, 2.45) is 0 Å². The Bertz CT molecular complexity index is 609. The molecule has 0 aliphatic rings. The first-order valence-electron chi connectivity index (χ1n) is 4.71. The number of benzene rings is 1. The molecule has 2 aromatic rings. The first kappa shape index (κ1) is 10.4. The van der Waals surface area contributed by atoms with Crippen LogP contribution in [0.3, 0.4) is 0 Å². The van der Waals surface area contributed by atoms with Crippen molar-refractivity contribution in [3.63, 3.8) is 0 Å². The molecule has 0 N–H and O–H groups in total. The van der Waals surface area contributed by atoms with Crippen LogP contribution < -0.4 is 4.57 Å². The number of aromatic nitrogens is 1. The molecule has 0 unspecified atom stereocenters. The third-order valence-corrected chi connectivity index (χ3v) is 3.17. The Balaban J connectivity index is 2.33. The second-order valence-electron chi connectivity index (χ2n) is 3.18. The first-order valence-corrected chi connectivity index (χ1v) is 5.59. The summed E-state index contributed by atoms with van der Waals surface area (Å²) in [6.45, 7) is 0.556. The highest BCUT2D eigenvalue weighted by molar-refractivity contribution is 7.16. The molecular formula is C12H8N3S+. The van der Waals surface area contributed by atoms with Crippen molar-refractivity contribution < 1.29 is 4.57 Å². The highest BCUT2D eigenvalue weighted by atomic mass is 32.1. The van der Waals surface area contributed by atoms with E-state index in [1.807, 2.05) is 40.4 Å². The quantitative estimate of drug-likeness (QED) is 0.582. The lowest BCUT2D eigenvalue weighted by atomic mass is 10.3. The van der Waals surface area contributed by atoms with Gasteiger partial charge in [-0.25, -0.2) is 0 Å². The zero-order valence-corrected chi connectivity index (χ0v) is 9.24. The summed E-state index contributed by atoms with van der Waals surface area (Å²) in [5.41, 5.74) is 3.27. The normalized spacial score (nSPS) is 9.38. The van der Waals surface area contributed by atoms with Crippen LogP contribution in [-0.4, -0.2) is 0 Å². The molecule has 0 bridgehead atoms. The van der Waals surface area contributed by atoms with Crippen LogP contribution in [0.2, 0.25) is 0 Å². The summed E-state index contributed by atoms with van der Waals surface area (Å²) in [5.74, 6) is 0. The molecule has 0 saturated carbocycles. The summed E-state index contributed by atoms with van der Waals surface area (Å²) >= 11 is 1.65. The average molecular weight is 226 g/mol. The number of nitrogens with zero attached hydrogens (tertiary/aromatic N) is 3. The van der Waals surface area contributed by atoms with Crippen LogP contribution in [0, 0.1) is 22.7 Å². The van der Waals surface area contributed by atoms with Gasteiger partial charge in [0.2, 0.25) is 11.0 Å². The molecule has 1 heterocycles. The van der Waals surface area contributed by atoms with Gasteiger partial charge in [-0.15, -0.1) is 0 Å². The van der Waals surface area contributed by atoms with Crippen LogP contribution in [0.5, 0.6) is 0 Å². The summed E-state index contributed by atoms with van der Waals surface area (Å²) in [6.07, 6.45) is 1.64. The highest BCUT2D eigenvalue weighted by Gasteiger charge is 2.09. The fraction of sp³-hybridized carbons (Fsp3) is 0.0833. The Kier molecular flexibility index (Phi) is 2.95. The second-order valence-corrected chi connectivity index (χ2v) is 4.07. The average Bonchev–Trinajstić information content (AvgIpc) is 2.74. The maximum atomic E-state index is 8.62. The van der Waals surface area contributed by atoms with Crippen molar-refractivity contribution in [2.75, 3.05) is 0 Å². The zero-order chi connectivity index (χ0) is 11.4. The van der Waals surface area contributed by atoms with Gasteiger partial charge in [-0.3, -0.25) is 0 Å². The Morgan fingerprint density at radius 1 is 1.31 bits per heavy atom. The van der Waals surface area contributed by atoms with E-state index in [0.29, 0.717) is 6.54 Å². The second kappa shape index (κ2) is 4.57. The number of hydrogen-bond donors (Lipinski definition) is 0. The van der Waals surface area contributed by atoms with Crippen LogP contribution in [0.25, 0.3) is 10.2 Å². The van der Waals surface area contributed by atoms with Gasteiger partial charge in [-0.1, -0.05) is 23.5 Å². The van der Waals surface area contributed by atoms with E-state index in [1.165, 1.54) is 4.70 Å². The number of allylic oxidation sites excluding steroid dienone is 2. The highest BCUT2D eigenvalue weighted by Crippen LogP contribution is 2.14. The van der Waals surface area contributed by atoms with E-state index in [1.54, 1.807) is 17.4 Å². The Labute approximate surface area is 97.1 Å². The van der Waals surface area contributed by atoms with Crippen LogP contribution in [0.4, 0.5) is 0 Å². The van der Waals surface area contributed by atoms with Gasteiger partial charge in [0.25, 0.3) is 0 Å². The van der Waals surface area contributed by atoms with Gasteiger partial charge in [0.1, 0.15) is 22.4 Å². The van der Waals surface area contributed by atoms with Crippen molar-refractivity contribution >= 4 is 21.6 Å². The maximum absolute atomic E-state index is 8.62. The molecule has 0 aliphatic heterocycles. The predicted molar refractivity (Wildman–Crippen MR) is 61.3 cm³/mol. The fourth-order valence-corrected chi connectivity index (χ4v) is 2.32. The Hall–Kier alpha value is -2.17. The molecule has 0 radical (unpaired) electrons. The number of thiazole rings is 1. The number of rotatable bonds is 2. The molecule has 0 spiro atoms. The van der Waals surface area contributed by atoms with Gasteiger partial charge < -0.3 is 0 Å². The number of fused-ring (bicyclic) bond motifs is 1. The first-order chi connectivity index (χ1) is 7.85. The molecule has 0 fully saturated rings. The fourth-order valence-electron chi connectivity index (χ4n) is 1.42. The van der Waals surface area contributed by atoms with E-state index >= 15 is 0 Å². The molecule has 3 nitrogen and oxygen atoms in total. The van der Waals surface area contributed by atoms with Crippen LogP contribution >= 0.6 is 11.3 Å². The van der Waals surface area contributed by atoms with E-state index in [-0.39, 0.29) is 5.57 Å². The number of para-hydroxylation sites is 1. The monoisotopic (exact) mass is 226 g/mol. The van der Waals surface area contributed by atoms with E-state index < -0.39 is 0 Å². The lowest BCUT2D eigenvalue weighted by molar-refractivity contribution is -0.656. The van der Waals surface area contributed by atoms with Gasteiger partial charge in [-0.05, 0) is 6.07 Å². The van der Waals surface area contributed by atoms with E-state index in [4.69, 9.17) is 10.5 Å². The van der Waals surface area contributed by atoms with Crippen LogP contribution in [0.1, 0.15) is 0 Å². The summed E-state index contributed by atoms with van der Waals surface area (Å²) in [6, 6.07) is 11.8. The predicted octanol–water partition coefficient (Wildman–Crippen LogP) is 2.16. The molecular weight excluding hydrogens is 218 g/mol. The van der Waals surface area contributed by atoms with Crippen molar-refractivity contribution in [3.05, 3.63) is 41.4 Å². The molecule has 0 atom stereocenters. The third-order valence-electron chi connectivity index (χ3n) is 2.21. The number of nitriles is 2. The number of hydrogen-bond acceptors (Lipinski definition) is 3. The molecule has 1 aromatic heterocycles. The lowest BCUT2D eigenvalue weighted by Gasteiger charge is -1.88. The largest absolute Gasteiger partial charge is 0.226 e. The molecule has 0 saturated heterocycles. The van der Waals surface area contributed by atoms with Gasteiger partial charge in [0, 0.05) is 12.1 Å². The molecule has 0 amide bonds. The summed E-state index contributed by atoms with van der Waals surface area (Å²) in [4.78, 5) is 0. The summed E-state index contributed by atoms with van der Waals surface area (Å²) in [5, 5.41) is 17.2. The minimum Gasteiger partial charge on any atom is -0.192 e. The standard InChI is InChI=1S/C12H8N3S/c13-7-10(8-14)5-6-15-9-16-12-4-2-1-3-11(12)15/h1-5,9H,6H2/q+1. The smallest absolute Gasteiger partial charge is 0.192 e. The maximum Gasteiger partial charge on any atom is 0.226 e. The van der Waals surface area contributed by atoms with Crippen LogP contribution in [-0.2, 0) is 6.54 Å². The van der Waals surface area contributed by atoms with Crippen LogP contribution in [0.15, 0.2) is 41.4 Å². The topological polar surface area (TPSA) is 51.5 Å².